The third-order valence-electron chi connectivity index (χ3n) is 3.65. The zero-order valence-corrected chi connectivity index (χ0v) is 16.7. The quantitative estimate of drug-likeness (QED) is 0.581. The molecule has 1 amide bonds. The lowest BCUT2D eigenvalue weighted by Gasteiger charge is -2.19. The van der Waals surface area contributed by atoms with E-state index in [0.717, 1.165) is 11.6 Å². The molecule has 2 rings (SSSR count). The number of rotatable bonds is 4. The molecule has 0 aromatic heterocycles. The van der Waals surface area contributed by atoms with Crippen LogP contribution in [0.1, 0.15) is 31.9 Å². The third-order valence-corrected chi connectivity index (χ3v) is 4.32. The average molecular weight is 477 g/mol. The Morgan fingerprint density at radius 2 is 1.69 bits per heavy atom. The number of hydrogen-bond acceptors (Lipinski definition) is 2. The van der Waals surface area contributed by atoms with E-state index >= 15 is 0 Å². The summed E-state index contributed by atoms with van der Waals surface area (Å²) in [5.41, 5.74) is -0.0563. The molecule has 3 nitrogen and oxygen atoms in total. The molecule has 0 heterocycles. The molecule has 0 aliphatic carbocycles. The molecule has 0 fully saturated rings. The van der Waals surface area contributed by atoms with E-state index in [-0.39, 0.29) is 17.7 Å². The topological polar surface area (TPSA) is 38.3 Å². The minimum Gasteiger partial charge on any atom is -0.484 e. The maximum atomic E-state index is 13.1. The number of amides is 1. The predicted molar refractivity (Wildman–Crippen MR) is 103 cm³/mol. The van der Waals surface area contributed by atoms with Crippen molar-refractivity contribution in [2.24, 2.45) is 0 Å². The minimum absolute atomic E-state index is 0.00523. The van der Waals surface area contributed by atoms with Crippen molar-refractivity contribution in [2.45, 2.75) is 32.4 Å². The van der Waals surface area contributed by atoms with Gasteiger partial charge in [0.25, 0.3) is 5.91 Å². The molecule has 0 bridgehead atoms. The lowest BCUT2D eigenvalue weighted by Crippen LogP contribution is -2.22. The summed E-state index contributed by atoms with van der Waals surface area (Å²) in [5.74, 6) is -0.177. The first-order chi connectivity index (χ1) is 12.0. The van der Waals surface area contributed by atoms with Gasteiger partial charge in [0.05, 0.1) is 11.3 Å². The number of alkyl halides is 3. The molecule has 0 aliphatic heterocycles. The van der Waals surface area contributed by atoms with Crippen LogP contribution in [-0.4, -0.2) is 12.5 Å². The Bertz CT molecular complexity index is 781. The van der Waals surface area contributed by atoms with Gasteiger partial charge in [-0.3, -0.25) is 4.79 Å². The number of benzene rings is 2. The summed E-state index contributed by atoms with van der Waals surface area (Å²) in [5, 5.41) is 2.26. The number of nitrogens with one attached hydrogen (secondary N) is 1. The number of halogens is 4. The van der Waals surface area contributed by atoms with Crippen LogP contribution < -0.4 is 10.1 Å². The van der Waals surface area contributed by atoms with E-state index in [1.165, 1.54) is 12.1 Å². The smallest absolute Gasteiger partial charge is 0.418 e. The third kappa shape index (κ3) is 5.62. The Morgan fingerprint density at radius 3 is 2.23 bits per heavy atom. The second kappa shape index (κ2) is 7.85. The summed E-state index contributed by atoms with van der Waals surface area (Å²) in [4.78, 5) is 12.0. The van der Waals surface area contributed by atoms with E-state index < -0.39 is 17.6 Å². The second-order valence-corrected chi connectivity index (χ2v) is 8.04. The van der Waals surface area contributed by atoms with E-state index in [2.05, 4.69) is 26.1 Å². The van der Waals surface area contributed by atoms with Crippen molar-refractivity contribution >= 4 is 34.2 Å². The lowest BCUT2D eigenvalue weighted by atomic mass is 9.87. The van der Waals surface area contributed by atoms with E-state index in [9.17, 15) is 18.0 Å². The fourth-order valence-electron chi connectivity index (χ4n) is 2.25. The van der Waals surface area contributed by atoms with Gasteiger partial charge in [0.2, 0.25) is 0 Å². The Morgan fingerprint density at radius 1 is 1.08 bits per heavy atom. The van der Waals surface area contributed by atoms with E-state index in [1.807, 2.05) is 12.1 Å². The highest BCUT2D eigenvalue weighted by atomic mass is 127. The Labute approximate surface area is 164 Å². The number of hydrogen-bond donors (Lipinski definition) is 1. The SMILES string of the molecule is CC(C)(C)c1ccc(OCC(=O)Nc2ccc(I)cc2C(F)(F)F)cc1. The molecule has 0 unspecified atom stereocenters. The summed E-state index contributed by atoms with van der Waals surface area (Å²) in [7, 11) is 0. The van der Waals surface area contributed by atoms with Gasteiger partial charge in [-0.1, -0.05) is 32.9 Å². The van der Waals surface area contributed by atoms with Crippen LogP contribution in [0.25, 0.3) is 0 Å². The molecule has 1 N–H and O–H groups in total. The molecular formula is C19H19F3INO2. The first-order valence-electron chi connectivity index (χ1n) is 7.87. The van der Waals surface area contributed by atoms with Crippen LogP contribution in [0, 0.1) is 3.57 Å². The van der Waals surface area contributed by atoms with Crippen LogP contribution in [-0.2, 0) is 16.4 Å². The van der Waals surface area contributed by atoms with Gasteiger partial charge in [0, 0.05) is 3.57 Å². The van der Waals surface area contributed by atoms with Gasteiger partial charge in [0.1, 0.15) is 5.75 Å². The number of carbonyl (C=O) groups excluding carboxylic acids is 1. The monoisotopic (exact) mass is 477 g/mol. The van der Waals surface area contributed by atoms with E-state index in [0.29, 0.717) is 9.32 Å². The second-order valence-electron chi connectivity index (χ2n) is 6.80. The summed E-state index contributed by atoms with van der Waals surface area (Å²) in [6.45, 7) is 5.86. The standard InChI is InChI=1S/C19H19F3INO2/c1-18(2,3)12-4-7-14(8-5-12)26-11-17(25)24-16-9-6-13(23)10-15(16)19(20,21)22/h4-10H,11H2,1-3H3,(H,24,25). The Kier molecular flexibility index (Phi) is 6.21. The molecule has 0 aliphatic rings. The summed E-state index contributed by atoms with van der Waals surface area (Å²) >= 11 is 1.79. The van der Waals surface area contributed by atoms with Crippen LogP contribution in [0.2, 0.25) is 0 Å². The van der Waals surface area contributed by atoms with Crippen molar-refractivity contribution in [2.75, 3.05) is 11.9 Å². The average Bonchev–Trinajstić information content (AvgIpc) is 2.53. The molecule has 0 spiro atoms. The summed E-state index contributed by atoms with van der Waals surface area (Å²) in [6.07, 6.45) is -4.55. The van der Waals surface area contributed by atoms with E-state index in [4.69, 9.17) is 4.74 Å². The molecule has 2 aromatic carbocycles. The van der Waals surface area contributed by atoms with Gasteiger partial charge in [-0.05, 0) is 63.9 Å². The first-order valence-corrected chi connectivity index (χ1v) is 8.94. The molecule has 0 atom stereocenters. The molecule has 0 radical (unpaired) electrons. The van der Waals surface area contributed by atoms with Crippen molar-refractivity contribution in [1.82, 2.24) is 0 Å². The van der Waals surface area contributed by atoms with Crippen molar-refractivity contribution in [3.63, 3.8) is 0 Å². The predicted octanol–water partition coefficient (Wildman–Crippen LogP) is 5.63. The van der Waals surface area contributed by atoms with Crippen molar-refractivity contribution in [3.8, 4) is 5.75 Å². The van der Waals surface area contributed by atoms with Crippen molar-refractivity contribution in [3.05, 3.63) is 57.2 Å². The van der Waals surface area contributed by atoms with Crippen LogP contribution in [0.4, 0.5) is 18.9 Å². The van der Waals surface area contributed by atoms with Crippen LogP contribution in [0.15, 0.2) is 42.5 Å². The first kappa shape index (κ1) is 20.5. The molecule has 140 valence electrons. The van der Waals surface area contributed by atoms with Gasteiger partial charge in [0.15, 0.2) is 6.61 Å². The van der Waals surface area contributed by atoms with Crippen LogP contribution in [0.5, 0.6) is 5.75 Å². The fourth-order valence-corrected chi connectivity index (χ4v) is 2.74. The normalized spacial score (nSPS) is 12.0. The number of ether oxygens (including phenoxy) is 1. The molecule has 2 aromatic rings. The van der Waals surface area contributed by atoms with Crippen LogP contribution in [0.3, 0.4) is 0 Å². The highest BCUT2D eigenvalue weighted by molar-refractivity contribution is 14.1. The Balaban J connectivity index is 2.02. The van der Waals surface area contributed by atoms with Gasteiger partial charge in [-0.25, -0.2) is 0 Å². The molecule has 26 heavy (non-hydrogen) atoms. The molecule has 0 saturated heterocycles. The number of anilines is 1. The fraction of sp³-hybridized carbons (Fsp3) is 0.316. The van der Waals surface area contributed by atoms with Crippen molar-refractivity contribution in [1.29, 1.82) is 0 Å². The molecule has 0 saturated carbocycles. The van der Waals surface area contributed by atoms with Crippen LogP contribution >= 0.6 is 22.6 Å². The highest BCUT2D eigenvalue weighted by Gasteiger charge is 2.34. The maximum Gasteiger partial charge on any atom is 0.418 e. The minimum atomic E-state index is -4.55. The zero-order valence-electron chi connectivity index (χ0n) is 14.6. The number of carbonyl (C=O) groups is 1. The summed E-state index contributed by atoms with van der Waals surface area (Å²) in [6, 6.07) is 11.0. The highest BCUT2D eigenvalue weighted by Crippen LogP contribution is 2.35. The lowest BCUT2D eigenvalue weighted by molar-refractivity contribution is -0.137. The van der Waals surface area contributed by atoms with Gasteiger partial charge in [-0.2, -0.15) is 13.2 Å². The molecule has 7 heteroatoms. The van der Waals surface area contributed by atoms with Gasteiger partial charge in [-0.15, -0.1) is 0 Å². The van der Waals surface area contributed by atoms with Gasteiger partial charge < -0.3 is 10.1 Å². The zero-order chi connectivity index (χ0) is 19.5. The molecular weight excluding hydrogens is 458 g/mol. The summed E-state index contributed by atoms with van der Waals surface area (Å²) < 4.78 is 45.0. The van der Waals surface area contributed by atoms with E-state index in [1.54, 1.807) is 34.7 Å². The largest absolute Gasteiger partial charge is 0.484 e. The van der Waals surface area contributed by atoms with Crippen molar-refractivity contribution < 1.29 is 22.7 Å². The van der Waals surface area contributed by atoms with Gasteiger partial charge >= 0.3 is 6.18 Å². The maximum absolute atomic E-state index is 13.1. The Hall–Kier alpha value is -1.77.